The van der Waals surface area contributed by atoms with Crippen LogP contribution < -0.4 is 4.74 Å². The van der Waals surface area contributed by atoms with E-state index in [2.05, 4.69) is 0 Å². The number of carbonyl (C=O) groups is 1. The van der Waals surface area contributed by atoms with E-state index in [0.29, 0.717) is 11.5 Å². The van der Waals surface area contributed by atoms with Gasteiger partial charge in [-0.15, -0.1) is 0 Å². The fourth-order valence-electron chi connectivity index (χ4n) is 1.35. The quantitative estimate of drug-likeness (QED) is 0.878. The van der Waals surface area contributed by atoms with Gasteiger partial charge in [-0.3, -0.25) is 0 Å². The largest absolute Gasteiger partial charge is 0.478 e. The van der Waals surface area contributed by atoms with Crippen molar-refractivity contribution in [3.63, 3.8) is 0 Å². The maximum atomic E-state index is 10.9. The molecule has 0 aliphatic rings. The first kappa shape index (κ1) is 13.4. The first-order chi connectivity index (χ1) is 7.77. The minimum atomic E-state index is -0.994. The van der Waals surface area contributed by atoms with E-state index in [0.717, 1.165) is 0 Å². The van der Waals surface area contributed by atoms with Crippen LogP contribution in [0.3, 0.4) is 0 Å². The molecule has 0 saturated carbocycles. The molecular weight excluding hydrogens is 270 g/mol. The second kappa shape index (κ2) is 6.16. The molecule has 1 N–H and O–H groups in total. The van der Waals surface area contributed by atoms with Gasteiger partial charge in [0.1, 0.15) is 17.1 Å². The van der Waals surface area contributed by atoms with Crippen molar-refractivity contribution in [2.45, 2.75) is 0 Å². The minimum absolute atomic E-state index is 0. The Kier molecular flexibility index (Phi) is 4.86. The van der Waals surface area contributed by atoms with E-state index in [1.807, 2.05) is 18.2 Å². The molecule has 3 nitrogen and oxygen atoms in total. The average Bonchev–Trinajstić information content (AvgIpc) is 2.31. The molecule has 2 rings (SSSR count). The second-order valence-electron chi connectivity index (χ2n) is 3.22. The van der Waals surface area contributed by atoms with Crippen LogP contribution in [0.5, 0.6) is 11.5 Å². The normalized spacial score (nSPS) is 9.18. The van der Waals surface area contributed by atoms with E-state index in [1.54, 1.807) is 30.3 Å². The Morgan fingerprint density at radius 3 is 2.18 bits per heavy atom. The number of carboxylic acid groups (broad SMARTS) is 1. The zero-order chi connectivity index (χ0) is 11.4. The van der Waals surface area contributed by atoms with Crippen molar-refractivity contribution in [2.75, 3.05) is 0 Å². The summed E-state index contributed by atoms with van der Waals surface area (Å²) in [4.78, 5) is 10.9. The number of hydrogen-bond acceptors (Lipinski definition) is 2. The zero-order valence-electron chi connectivity index (χ0n) is 9.17. The van der Waals surface area contributed by atoms with Crippen LogP contribution in [0.25, 0.3) is 0 Å². The van der Waals surface area contributed by atoms with Gasteiger partial charge in [-0.05, 0) is 24.3 Å². The first-order valence-electron chi connectivity index (χ1n) is 4.82. The van der Waals surface area contributed by atoms with Crippen molar-refractivity contribution in [2.24, 2.45) is 0 Å². The Bertz CT molecular complexity index is 497. The van der Waals surface area contributed by atoms with Crippen LogP contribution in [0.2, 0.25) is 0 Å². The van der Waals surface area contributed by atoms with Gasteiger partial charge < -0.3 is 9.84 Å². The summed E-state index contributed by atoms with van der Waals surface area (Å²) in [5.74, 6) is -0.0241. The van der Waals surface area contributed by atoms with Crippen LogP contribution in [0, 0.1) is 0 Å². The van der Waals surface area contributed by atoms with E-state index < -0.39 is 5.97 Å². The summed E-state index contributed by atoms with van der Waals surface area (Å²) in [7, 11) is 0. The van der Waals surface area contributed by atoms with Crippen LogP contribution in [-0.2, 0) is 19.5 Å². The standard InChI is InChI=1S/C13H10O3.Zn/c14-13(15)11-8-4-5-9-12(11)16-10-6-2-1-3-7-10;/h1-9H,(H,14,15);. The van der Waals surface area contributed by atoms with Crippen molar-refractivity contribution in [3.8, 4) is 11.5 Å². The smallest absolute Gasteiger partial charge is 0.339 e. The van der Waals surface area contributed by atoms with Crippen LogP contribution in [0.1, 0.15) is 10.4 Å². The van der Waals surface area contributed by atoms with Crippen molar-refractivity contribution in [1.29, 1.82) is 0 Å². The number of carboxylic acids is 1. The molecule has 0 spiro atoms. The van der Waals surface area contributed by atoms with E-state index in [1.165, 1.54) is 6.07 Å². The number of rotatable bonds is 3. The topological polar surface area (TPSA) is 46.5 Å². The van der Waals surface area contributed by atoms with Crippen molar-refractivity contribution >= 4 is 5.97 Å². The van der Waals surface area contributed by atoms with E-state index in [9.17, 15) is 4.79 Å². The number of ether oxygens (including phenoxy) is 1. The summed E-state index contributed by atoms with van der Waals surface area (Å²) < 4.78 is 5.49. The third-order valence-electron chi connectivity index (χ3n) is 2.09. The maximum Gasteiger partial charge on any atom is 0.339 e. The molecule has 4 heteroatoms. The van der Waals surface area contributed by atoms with Gasteiger partial charge in [0.25, 0.3) is 0 Å². The Morgan fingerprint density at radius 2 is 1.53 bits per heavy atom. The van der Waals surface area contributed by atoms with Gasteiger partial charge in [-0.2, -0.15) is 0 Å². The number of benzene rings is 2. The molecule has 2 aromatic carbocycles. The summed E-state index contributed by atoms with van der Waals surface area (Å²) in [6, 6.07) is 15.6. The van der Waals surface area contributed by atoms with Gasteiger partial charge in [0.15, 0.2) is 0 Å². The summed E-state index contributed by atoms with van der Waals surface area (Å²) in [6.07, 6.45) is 0. The van der Waals surface area contributed by atoms with Crippen molar-refractivity contribution in [1.82, 2.24) is 0 Å². The second-order valence-corrected chi connectivity index (χ2v) is 3.22. The van der Waals surface area contributed by atoms with Gasteiger partial charge >= 0.3 is 5.97 Å². The molecule has 0 bridgehead atoms. The predicted octanol–water partition coefficient (Wildman–Crippen LogP) is 3.17. The molecule has 0 saturated heterocycles. The molecule has 17 heavy (non-hydrogen) atoms. The van der Waals surface area contributed by atoms with Crippen LogP contribution in [0.4, 0.5) is 0 Å². The molecule has 2 aromatic rings. The molecule has 0 atom stereocenters. The zero-order valence-corrected chi connectivity index (χ0v) is 12.1. The van der Waals surface area contributed by atoms with Gasteiger partial charge in [0.2, 0.25) is 0 Å². The maximum absolute atomic E-state index is 10.9. The van der Waals surface area contributed by atoms with Gasteiger partial charge in [0.05, 0.1) is 0 Å². The third kappa shape index (κ3) is 3.40. The Labute approximate surface area is 112 Å². The van der Waals surface area contributed by atoms with E-state index in [-0.39, 0.29) is 25.0 Å². The Morgan fingerprint density at radius 1 is 0.941 bits per heavy atom. The van der Waals surface area contributed by atoms with Crippen LogP contribution in [0.15, 0.2) is 54.6 Å². The molecule has 0 heterocycles. The number of para-hydroxylation sites is 2. The molecule has 0 fully saturated rings. The van der Waals surface area contributed by atoms with Gasteiger partial charge in [-0.25, -0.2) is 4.79 Å². The predicted molar refractivity (Wildman–Crippen MR) is 59.9 cm³/mol. The summed E-state index contributed by atoms with van der Waals surface area (Å²) >= 11 is 0. The van der Waals surface area contributed by atoms with E-state index in [4.69, 9.17) is 9.84 Å². The first-order valence-corrected chi connectivity index (χ1v) is 4.82. The fraction of sp³-hybridized carbons (Fsp3) is 0. The van der Waals surface area contributed by atoms with Gasteiger partial charge in [0, 0.05) is 19.5 Å². The number of hydrogen-bond donors (Lipinski definition) is 1. The minimum Gasteiger partial charge on any atom is -0.478 e. The van der Waals surface area contributed by atoms with E-state index >= 15 is 0 Å². The molecule has 82 valence electrons. The van der Waals surface area contributed by atoms with Crippen LogP contribution >= 0.6 is 0 Å². The van der Waals surface area contributed by atoms with Crippen LogP contribution in [-0.4, -0.2) is 11.1 Å². The Balaban J connectivity index is 0.00000144. The van der Waals surface area contributed by atoms with Gasteiger partial charge in [-0.1, -0.05) is 30.3 Å². The molecule has 0 amide bonds. The monoisotopic (exact) mass is 278 g/mol. The summed E-state index contributed by atoms with van der Waals surface area (Å²) in [5.41, 5.74) is 0.159. The third-order valence-corrected chi connectivity index (χ3v) is 2.09. The molecule has 0 aliphatic heterocycles. The molecular formula is C13H10O3Zn. The molecule has 0 aliphatic carbocycles. The molecule has 0 aromatic heterocycles. The molecule has 0 unspecified atom stereocenters. The van der Waals surface area contributed by atoms with Crippen molar-refractivity contribution < 1.29 is 34.1 Å². The number of aromatic carboxylic acids is 1. The molecule has 0 radical (unpaired) electrons. The average molecular weight is 280 g/mol. The Hall–Kier alpha value is -1.67. The van der Waals surface area contributed by atoms with Crippen molar-refractivity contribution in [3.05, 3.63) is 60.2 Å². The summed E-state index contributed by atoms with van der Waals surface area (Å²) in [6.45, 7) is 0. The SMILES string of the molecule is O=C(O)c1ccccc1Oc1ccccc1.[Zn]. The fourth-order valence-corrected chi connectivity index (χ4v) is 1.35. The summed E-state index contributed by atoms with van der Waals surface area (Å²) in [5, 5.41) is 8.96.